The van der Waals surface area contributed by atoms with Gasteiger partial charge in [-0.1, -0.05) is 11.8 Å². The van der Waals surface area contributed by atoms with Crippen LogP contribution in [0.3, 0.4) is 0 Å². The van der Waals surface area contributed by atoms with E-state index in [1.165, 1.54) is 11.8 Å². The Labute approximate surface area is 111 Å². The van der Waals surface area contributed by atoms with Gasteiger partial charge in [-0.25, -0.2) is 0 Å². The fourth-order valence-electron chi connectivity index (χ4n) is 2.15. The van der Waals surface area contributed by atoms with E-state index in [1.54, 1.807) is 0 Å². The van der Waals surface area contributed by atoms with E-state index < -0.39 is 0 Å². The molecule has 2 N–H and O–H groups in total. The Morgan fingerprint density at radius 2 is 2.35 bits per heavy atom. The molecule has 2 saturated heterocycles. The molecule has 0 aliphatic carbocycles. The fraction of sp³-hybridized carbons (Fsp3) is 0.800. The fourth-order valence-corrected chi connectivity index (χ4v) is 2.92. The molecule has 0 aromatic heterocycles. The highest BCUT2D eigenvalue weighted by Gasteiger charge is 2.33. The van der Waals surface area contributed by atoms with Crippen molar-refractivity contribution in [3.8, 4) is 0 Å². The lowest BCUT2D eigenvalue weighted by molar-refractivity contribution is -0.133. The van der Waals surface area contributed by atoms with Gasteiger partial charge in [-0.15, -0.1) is 12.4 Å². The van der Waals surface area contributed by atoms with Crippen LogP contribution in [0.5, 0.6) is 0 Å². The van der Waals surface area contributed by atoms with E-state index in [0.717, 1.165) is 25.9 Å². The lowest BCUT2D eigenvalue weighted by atomic mass is 10.1. The first kappa shape index (κ1) is 14.6. The number of hydrogen-bond donors (Lipinski definition) is 2. The molecule has 0 spiro atoms. The number of likely N-dealkylation sites (tertiary alicyclic amines) is 1. The number of piperidine rings is 1. The number of thioether (sulfide) groups is 1. The molecule has 0 aromatic rings. The van der Waals surface area contributed by atoms with Crippen molar-refractivity contribution in [2.45, 2.75) is 24.9 Å². The zero-order valence-corrected chi connectivity index (χ0v) is 11.4. The smallest absolute Gasteiger partial charge is 0.279 e. The van der Waals surface area contributed by atoms with E-state index in [2.05, 4.69) is 10.6 Å². The molecule has 1 unspecified atom stereocenters. The number of likely N-dealkylation sites (N-methyl/N-ethyl adjacent to an activating group) is 1. The number of amides is 2. The second-order valence-electron chi connectivity index (χ2n) is 4.21. The average Bonchev–Trinajstić information content (AvgIpc) is 2.75. The number of halogens is 1. The third kappa shape index (κ3) is 3.50. The summed E-state index contributed by atoms with van der Waals surface area (Å²) in [5, 5.41) is 5.82. The van der Waals surface area contributed by atoms with Crippen LogP contribution in [0, 0.1) is 0 Å². The van der Waals surface area contributed by atoms with Crippen molar-refractivity contribution in [2.24, 2.45) is 0 Å². The predicted octanol–water partition coefficient (Wildman–Crippen LogP) is 0.444. The van der Waals surface area contributed by atoms with Crippen molar-refractivity contribution in [1.29, 1.82) is 0 Å². The summed E-state index contributed by atoms with van der Waals surface area (Å²) in [4.78, 5) is 25.0. The van der Waals surface area contributed by atoms with E-state index in [0.29, 0.717) is 11.8 Å². The van der Waals surface area contributed by atoms with Gasteiger partial charge in [0, 0.05) is 24.9 Å². The minimum atomic E-state index is -0.312. The van der Waals surface area contributed by atoms with Crippen molar-refractivity contribution < 1.29 is 9.59 Å². The molecule has 7 heteroatoms. The Morgan fingerprint density at radius 3 is 2.94 bits per heavy atom. The average molecular weight is 280 g/mol. The minimum Gasteiger partial charge on any atom is -0.339 e. The van der Waals surface area contributed by atoms with Gasteiger partial charge in [0.1, 0.15) is 6.04 Å². The van der Waals surface area contributed by atoms with Gasteiger partial charge in [0.15, 0.2) is 0 Å². The lowest BCUT2D eigenvalue weighted by Gasteiger charge is -2.33. The Kier molecular flexibility index (Phi) is 5.55. The molecule has 2 amide bonds. The summed E-state index contributed by atoms with van der Waals surface area (Å²) < 4.78 is 0. The molecule has 2 atom stereocenters. The largest absolute Gasteiger partial charge is 0.339 e. The summed E-state index contributed by atoms with van der Waals surface area (Å²) >= 11 is 1.19. The summed E-state index contributed by atoms with van der Waals surface area (Å²) in [5.41, 5.74) is 0. The second kappa shape index (κ2) is 6.47. The van der Waals surface area contributed by atoms with Crippen LogP contribution in [0.25, 0.3) is 0 Å². The molecule has 0 radical (unpaired) electrons. The summed E-state index contributed by atoms with van der Waals surface area (Å²) in [5.74, 6) is 0.636. The molecule has 2 rings (SSSR count). The van der Waals surface area contributed by atoms with E-state index >= 15 is 0 Å². The summed E-state index contributed by atoms with van der Waals surface area (Å²) in [7, 11) is 1.92. The van der Waals surface area contributed by atoms with Crippen LogP contribution in [0.15, 0.2) is 0 Å². The van der Waals surface area contributed by atoms with Gasteiger partial charge in [-0.05, 0) is 19.9 Å². The quantitative estimate of drug-likeness (QED) is 0.770. The molecule has 98 valence electrons. The molecule has 0 bridgehead atoms. The number of nitrogens with one attached hydrogen (secondary N) is 2. The molecule has 17 heavy (non-hydrogen) atoms. The Morgan fingerprint density at radius 1 is 1.59 bits per heavy atom. The van der Waals surface area contributed by atoms with Gasteiger partial charge >= 0.3 is 0 Å². The summed E-state index contributed by atoms with van der Waals surface area (Å²) in [6, 6.07) is 0.0792. The Bertz CT molecular complexity index is 303. The van der Waals surface area contributed by atoms with Crippen LogP contribution in [-0.4, -0.2) is 54.0 Å². The van der Waals surface area contributed by atoms with Crippen LogP contribution in [-0.2, 0) is 4.79 Å². The maximum absolute atomic E-state index is 12.1. The molecule has 2 aliphatic rings. The molecule has 0 aromatic carbocycles. The molecule has 2 heterocycles. The Hall–Kier alpha value is -0.460. The number of rotatable bonds is 2. The number of carbonyl (C=O) groups excluding carboxylic acids is 2. The Balaban J connectivity index is 0.00000144. The maximum atomic E-state index is 12.1. The van der Waals surface area contributed by atoms with Crippen LogP contribution in [0.4, 0.5) is 4.79 Å². The highest BCUT2D eigenvalue weighted by atomic mass is 35.5. The van der Waals surface area contributed by atoms with Crippen molar-refractivity contribution in [3.05, 3.63) is 0 Å². The lowest BCUT2D eigenvalue weighted by Crippen LogP contribution is -2.52. The van der Waals surface area contributed by atoms with Gasteiger partial charge in [0.05, 0.1) is 0 Å². The highest BCUT2D eigenvalue weighted by molar-refractivity contribution is 8.14. The van der Waals surface area contributed by atoms with Crippen LogP contribution in [0.2, 0.25) is 0 Å². The third-order valence-electron chi connectivity index (χ3n) is 3.11. The van der Waals surface area contributed by atoms with Gasteiger partial charge in [0.2, 0.25) is 5.91 Å². The highest BCUT2D eigenvalue weighted by Crippen LogP contribution is 2.17. The zero-order chi connectivity index (χ0) is 11.5. The van der Waals surface area contributed by atoms with E-state index in [9.17, 15) is 9.59 Å². The maximum Gasteiger partial charge on any atom is 0.279 e. The molecule has 5 nitrogen and oxygen atoms in total. The monoisotopic (exact) mass is 279 g/mol. The summed E-state index contributed by atoms with van der Waals surface area (Å²) in [6.07, 6.45) is 2.15. The second-order valence-corrected chi connectivity index (χ2v) is 5.20. The van der Waals surface area contributed by atoms with Crippen molar-refractivity contribution in [3.63, 3.8) is 0 Å². The van der Waals surface area contributed by atoms with Crippen molar-refractivity contribution >= 4 is 35.3 Å². The number of carbonyl (C=O) groups is 2. The molecule has 2 aliphatic heterocycles. The first-order valence-electron chi connectivity index (χ1n) is 5.60. The summed E-state index contributed by atoms with van der Waals surface area (Å²) in [6.45, 7) is 1.57. The van der Waals surface area contributed by atoms with Crippen LogP contribution < -0.4 is 10.6 Å². The number of nitrogens with zero attached hydrogens (tertiary/aromatic N) is 1. The SMILES string of the molecule is CNC1CCCN(C(=O)[C@@H]2CSC(=O)N2)C1.Cl. The molecular formula is C10H18ClN3O2S. The minimum absolute atomic E-state index is 0. The molecule has 2 fully saturated rings. The standard InChI is InChI=1S/C10H17N3O2S.ClH/c1-11-7-3-2-4-13(5-7)9(14)8-6-16-10(15)12-8;/h7-8,11H,2-6H2,1H3,(H,12,15);1H/t7?,8-;/m0./s1. The van der Waals surface area contributed by atoms with E-state index in [1.807, 2.05) is 11.9 Å². The normalized spacial score (nSPS) is 28.5. The van der Waals surface area contributed by atoms with Gasteiger partial charge in [-0.3, -0.25) is 9.59 Å². The zero-order valence-electron chi connectivity index (χ0n) is 9.77. The molecular weight excluding hydrogens is 262 g/mol. The van der Waals surface area contributed by atoms with Crippen LogP contribution >= 0.6 is 24.2 Å². The third-order valence-corrected chi connectivity index (χ3v) is 3.99. The van der Waals surface area contributed by atoms with Gasteiger partial charge in [-0.2, -0.15) is 0 Å². The number of hydrogen-bond acceptors (Lipinski definition) is 4. The van der Waals surface area contributed by atoms with Crippen LogP contribution in [0.1, 0.15) is 12.8 Å². The van der Waals surface area contributed by atoms with Crippen molar-refractivity contribution in [2.75, 3.05) is 25.9 Å². The van der Waals surface area contributed by atoms with Crippen molar-refractivity contribution in [1.82, 2.24) is 15.5 Å². The van der Waals surface area contributed by atoms with Gasteiger partial charge < -0.3 is 15.5 Å². The van der Waals surface area contributed by atoms with Gasteiger partial charge in [0.25, 0.3) is 5.24 Å². The first-order chi connectivity index (χ1) is 7.70. The van der Waals surface area contributed by atoms with E-state index in [-0.39, 0.29) is 29.6 Å². The predicted molar refractivity (Wildman–Crippen MR) is 70.7 cm³/mol. The topological polar surface area (TPSA) is 61.4 Å². The first-order valence-corrected chi connectivity index (χ1v) is 6.58. The van der Waals surface area contributed by atoms with E-state index in [4.69, 9.17) is 0 Å². The molecule has 0 saturated carbocycles.